The van der Waals surface area contributed by atoms with Crippen LogP contribution in [0.3, 0.4) is 0 Å². The summed E-state index contributed by atoms with van der Waals surface area (Å²) < 4.78 is 52.9. The number of anilines is 4. The van der Waals surface area contributed by atoms with Crippen molar-refractivity contribution in [2.24, 2.45) is 0 Å². The lowest BCUT2D eigenvalue weighted by molar-refractivity contribution is -0.116. The first kappa shape index (κ1) is 32.1. The Hall–Kier alpha value is -4.46. The zero-order chi connectivity index (χ0) is 33.5. The Morgan fingerprint density at radius 2 is 1.17 bits per heavy atom. The van der Waals surface area contributed by atoms with Crippen molar-refractivity contribution in [3.63, 3.8) is 0 Å². The van der Waals surface area contributed by atoms with E-state index in [1.54, 1.807) is 12.1 Å². The van der Waals surface area contributed by atoms with Crippen LogP contribution in [-0.2, 0) is 22.4 Å². The van der Waals surface area contributed by atoms with Gasteiger partial charge in [0.25, 0.3) is 11.8 Å². The standard InChI is InChI=1S/C28H28F4N12O2S2/c29-27(30)11-43(12-27)23-33-6-4-17(35-23)9-19(45)37-25-41-39-21(47-25)15-2-1-3-16(8-15)22-40-42-26(48-22)38-20(46)10-18-5-7-34-24(36-18)44-13-28(31,32)14-44/h4-7,15-16H,1-3,8-14H2,(H,37,41,45)(H,38,42,46)/t15-,16-/m0/s1. The normalized spacial score (nSPS) is 21.2. The average molecular weight is 705 g/mol. The molecule has 1 saturated carbocycles. The van der Waals surface area contributed by atoms with Gasteiger partial charge in [-0.15, -0.1) is 20.4 Å². The molecule has 2 saturated heterocycles. The van der Waals surface area contributed by atoms with Crippen LogP contribution < -0.4 is 20.4 Å². The van der Waals surface area contributed by atoms with Crippen LogP contribution in [0.2, 0.25) is 0 Å². The first-order chi connectivity index (χ1) is 23.0. The molecule has 20 heteroatoms. The Bertz CT molecular complexity index is 1680. The zero-order valence-corrected chi connectivity index (χ0v) is 26.8. The maximum Gasteiger partial charge on any atom is 0.282 e. The number of nitrogens with zero attached hydrogens (tertiary/aromatic N) is 10. The summed E-state index contributed by atoms with van der Waals surface area (Å²) in [7, 11) is 0. The molecular formula is C28H28F4N12O2S2. The Labute approximate surface area is 278 Å². The van der Waals surface area contributed by atoms with Crippen molar-refractivity contribution < 1.29 is 27.2 Å². The largest absolute Gasteiger partial charge is 0.329 e. The van der Waals surface area contributed by atoms with Crippen molar-refractivity contribution in [1.29, 1.82) is 0 Å². The van der Waals surface area contributed by atoms with Gasteiger partial charge in [-0.25, -0.2) is 37.5 Å². The molecule has 4 aromatic rings. The predicted octanol–water partition coefficient (Wildman–Crippen LogP) is 3.68. The molecule has 2 amide bonds. The van der Waals surface area contributed by atoms with E-state index in [0.717, 1.165) is 35.7 Å². The molecule has 2 N–H and O–H groups in total. The van der Waals surface area contributed by atoms with Gasteiger partial charge < -0.3 is 20.4 Å². The van der Waals surface area contributed by atoms with Crippen LogP contribution in [0.4, 0.5) is 39.7 Å². The fourth-order valence-corrected chi connectivity index (χ4v) is 7.59. The molecule has 1 aliphatic carbocycles. The summed E-state index contributed by atoms with van der Waals surface area (Å²) in [5.74, 6) is -5.69. The van der Waals surface area contributed by atoms with Gasteiger partial charge in [0.1, 0.15) is 10.0 Å². The van der Waals surface area contributed by atoms with E-state index in [1.807, 2.05) is 0 Å². The van der Waals surface area contributed by atoms with Crippen LogP contribution in [-0.4, -0.2) is 90.2 Å². The van der Waals surface area contributed by atoms with Crippen molar-refractivity contribution in [2.75, 3.05) is 46.6 Å². The second kappa shape index (κ2) is 12.9. The van der Waals surface area contributed by atoms with E-state index in [-0.39, 0.29) is 48.4 Å². The highest BCUT2D eigenvalue weighted by Crippen LogP contribution is 2.43. The number of hydrogen-bond acceptors (Lipinski definition) is 14. The van der Waals surface area contributed by atoms with Crippen molar-refractivity contribution in [3.8, 4) is 0 Å². The van der Waals surface area contributed by atoms with E-state index in [0.29, 0.717) is 21.7 Å². The van der Waals surface area contributed by atoms with E-state index < -0.39 is 38.0 Å². The molecule has 0 spiro atoms. The number of hydrogen-bond donors (Lipinski definition) is 2. The molecule has 0 unspecified atom stereocenters. The monoisotopic (exact) mass is 704 g/mol. The zero-order valence-electron chi connectivity index (χ0n) is 25.2. The van der Waals surface area contributed by atoms with Gasteiger partial charge in [-0.1, -0.05) is 29.1 Å². The first-order valence-corrected chi connectivity index (χ1v) is 16.8. The third-order valence-electron chi connectivity index (χ3n) is 8.09. The molecule has 4 aromatic heterocycles. The highest BCUT2D eigenvalue weighted by Gasteiger charge is 2.46. The average Bonchev–Trinajstić information content (AvgIpc) is 3.69. The van der Waals surface area contributed by atoms with Crippen LogP contribution >= 0.6 is 22.7 Å². The number of carbonyl (C=O) groups excluding carboxylic acids is 2. The van der Waals surface area contributed by atoms with Gasteiger partial charge in [0, 0.05) is 24.2 Å². The molecule has 0 bridgehead atoms. The van der Waals surface area contributed by atoms with Gasteiger partial charge >= 0.3 is 0 Å². The summed E-state index contributed by atoms with van der Waals surface area (Å²) in [5, 5.41) is 24.7. The fourth-order valence-electron chi connectivity index (χ4n) is 5.77. The van der Waals surface area contributed by atoms with Crippen molar-refractivity contribution >= 4 is 56.6 Å². The van der Waals surface area contributed by atoms with Crippen molar-refractivity contribution in [2.45, 2.75) is 62.2 Å². The van der Waals surface area contributed by atoms with E-state index in [2.05, 4.69) is 51.0 Å². The molecule has 14 nitrogen and oxygen atoms in total. The highest BCUT2D eigenvalue weighted by atomic mass is 32.1. The van der Waals surface area contributed by atoms with Crippen molar-refractivity contribution in [3.05, 3.63) is 45.9 Å². The minimum Gasteiger partial charge on any atom is -0.329 e. The molecule has 3 fully saturated rings. The van der Waals surface area contributed by atoms with Gasteiger partial charge in [-0.05, 0) is 31.4 Å². The molecule has 2 aliphatic heterocycles. The molecule has 6 heterocycles. The summed E-state index contributed by atoms with van der Waals surface area (Å²) in [6.07, 6.45) is 6.22. The summed E-state index contributed by atoms with van der Waals surface area (Å²) in [4.78, 5) is 44.6. The van der Waals surface area contributed by atoms with Gasteiger partial charge in [0.15, 0.2) is 0 Å². The number of carbonyl (C=O) groups is 2. The van der Waals surface area contributed by atoms with Gasteiger partial charge in [0.2, 0.25) is 34.0 Å². The summed E-state index contributed by atoms with van der Waals surface area (Å²) in [6, 6.07) is 3.13. The van der Waals surface area contributed by atoms with Gasteiger partial charge in [-0.2, -0.15) is 0 Å². The maximum absolute atomic E-state index is 13.2. The number of amides is 2. The lowest BCUT2D eigenvalue weighted by Gasteiger charge is -2.38. The highest BCUT2D eigenvalue weighted by molar-refractivity contribution is 7.15. The quantitative estimate of drug-likeness (QED) is 0.230. The van der Waals surface area contributed by atoms with E-state index in [4.69, 9.17) is 0 Å². The maximum atomic E-state index is 13.2. The molecule has 48 heavy (non-hydrogen) atoms. The van der Waals surface area contributed by atoms with E-state index in [9.17, 15) is 27.2 Å². The van der Waals surface area contributed by atoms with Gasteiger partial charge in [-0.3, -0.25) is 9.59 Å². The van der Waals surface area contributed by atoms with Crippen LogP contribution in [0, 0.1) is 0 Å². The topological polar surface area (TPSA) is 168 Å². The molecule has 3 aliphatic rings. The Morgan fingerprint density at radius 1 is 0.729 bits per heavy atom. The second-order valence-electron chi connectivity index (χ2n) is 12.0. The molecule has 2 atom stereocenters. The van der Waals surface area contributed by atoms with Crippen LogP contribution in [0.25, 0.3) is 0 Å². The molecular weight excluding hydrogens is 677 g/mol. The van der Waals surface area contributed by atoms with E-state index >= 15 is 0 Å². The fraction of sp³-hybridized carbons (Fsp3) is 0.500. The second-order valence-corrected chi connectivity index (χ2v) is 14.0. The first-order valence-electron chi connectivity index (χ1n) is 15.1. The van der Waals surface area contributed by atoms with Crippen LogP contribution in [0.15, 0.2) is 24.5 Å². The molecule has 0 radical (unpaired) electrons. The molecule has 7 rings (SSSR count). The smallest absolute Gasteiger partial charge is 0.282 e. The number of aromatic nitrogens is 8. The number of halogens is 4. The van der Waals surface area contributed by atoms with Crippen molar-refractivity contribution in [1.82, 2.24) is 40.3 Å². The minimum absolute atomic E-state index is 0.0731. The predicted molar refractivity (Wildman–Crippen MR) is 167 cm³/mol. The number of alkyl halides is 4. The lowest BCUT2D eigenvalue weighted by Crippen LogP contribution is -2.57. The Kier molecular flexibility index (Phi) is 8.60. The number of nitrogens with one attached hydrogen (secondary N) is 2. The minimum atomic E-state index is -2.75. The SMILES string of the molecule is O=C(Cc1ccnc(N2CC(F)(F)C2)n1)Nc1nnc([C@H]2CCC[C@H](c3nnc(NC(=O)Cc4ccnc(N5CC(F)(F)C5)n4)s3)C2)s1. The lowest BCUT2D eigenvalue weighted by atomic mass is 9.82. The summed E-state index contributed by atoms with van der Waals surface area (Å²) in [6.45, 7) is -1.79. The van der Waals surface area contributed by atoms with E-state index in [1.165, 1.54) is 44.9 Å². The van der Waals surface area contributed by atoms with Crippen LogP contribution in [0.5, 0.6) is 0 Å². The van der Waals surface area contributed by atoms with Crippen LogP contribution in [0.1, 0.15) is 58.9 Å². The molecule has 0 aromatic carbocycles. The third kappa shape index (κ3) is 7.48. The summed E-state index contributed by atoms with van der Waals surface area (Å²) in [5.41, 5.74) is 0.806. The Balaban J connectivity index is 0.899. The molecule has 252 valence electrons. The Morgan fingerprint density at radius 3 is 1.58 bits per heavy atom. The number of rotatable bonds is 10. The summed E-state index contributed by atoms with van der Waals surface area (Å²) >= 11 is 2.60. The van der Waals surface area contributed by atoms with Gasteiger partial charge in [0.05, 0.1) is 50.4 Å². The third-order valence-corrected chi connectivity index (χ3v) is 10.1.